The molecule has 0 amide bonds. The third kappa shape index (κ3) is 18.3. The Bertz CT molecular complexity index is 180. The molecule has 0 aromatic heterocycles. The highest BCUT2D eigenvalue weighted by molar-refractivity contribution is 4.74. The van der Waals surface area contributed by atoms with Gasteiger partial charge >= 0.3 is 0 Å². The smallest absolute Gasteiger partial charge is 0.00160 e. The normalized spacial score (nSPS) is 14.8. The van der Waals surface area contributed by atoms with Crippen molar-refractivity contribution in [1.29, 1.82) is 0 Å². The summed E-state index contributed by atoms with van der Waals surface area (Å²) in [6.45, 7) is 23.1. The molecular weight excluding hydrogens is 290 g/mol. The molecular formula is C23H53N. The molecule has 0 aliphatic carbocycles. The van der Waals surface area contributed by atoms with Crippen LogP contribution in [0.5, 0.6) is 0 Å². The van der Waals surface area contributed by atoms with E-state index in [2.05, 4.69) is 25.7 Å². The van der Waals surface area contributed by atoms with E-state index in [1.807, 2.05) is 41.5 Å². The minimum absolute atomic E-state index is 0.894. The highest BCUT2D eigenvalue weighted by Crippen LogP contribution is 2.24. The lowest BCUT2D eigenvalue weighted by atomic mass is 9.87. The summed E-state index contributed by atoms with van der Waals surface area (Å²) in [5, 5.41) is 0. The van der Waals surface area contributed by atoms with Gasteiger partial charge in [0.15, 0.2) is 0 Å². The van der Waals surface area contributed by atoms with Crippen LogP contribution in [0.4, 0.5) is 0 Å². The van der Waals surface area contributed by atoms with Crippen LogP contribution in [0.15, 0.2) is 0 Å². The Morgan fingerprint density at radius 2 is 1.12 bits per heavy atom. The molecule has 1 aliphatic heterocycles. The van der Waals surface area contributed by atoms with E-state index in [-0.39, 0.29) is 0 Å². The largest absolute Gasteiger partial charge is 0.303 e. The van der Waals surface area contributed by atoms with Gasteiger partial charge in [-0.05, 0) is 50.7 Å². The van der Waals surface area contributed by atoms with Crippen LogP contribution in [0.25, 0.3) is 0 Å². The van der Waals surface area contributed by atoms with Crippen LogP contribution in [0.3, 0.4) is 0 Å². The van der Waals surface area contributed by atoms with Crippen molar-refractivity contribution in [2.75, 3.05) is 19.6 Å². The first kappa shape index (κ1) is 28.8. The SMILES string of the molecule is CC.CC.CC.CCCCCCCCCN1CCC(C(C)C)CC1. The molecule has 0 unspecified atom stereocenters. The lowest BCUT2D eigenvalue weighted by molar-refractivity contribution is 0.155. The van der Waals surface area contributed by atoms with Crippen molar-refractivity contribution in [3.63, 3.8) is 0 Å². The van der Waals surface area contributed by atoms with Gasteiger partial charge < -0.3 is 4.90 Å². The lowest BCUT2D eigenvalue weighted by Crippen LogP contribution is -2.35. The van der Waals surface area contributed by atoms with Crippen molar-refractivity contribution in [2.45, 2.75) is 120 Å². The van der Waals surface area contributed by atoms with Crippen molar-refractivity contribution in [3.8, 4) is 0 Å². The Kier molecular flexibility index (Phi) is 30.2. The van der Waals surface area contributed by atoms with Gasteiger partial charge in [-0.1, -0.05) is 101 Å². The summed E-state index contributed by atoms with van der Waals surface area (Å²) in [5.74, 6) is 1.89. The Balaban J connectivity index is -0.000000659. The van der Waals surface area contributed by atoms with Crippen LogP contribution >= 0.6 is 0 Å². The molecule has 0 atom stereocenters. The first-order valence-electron chi connectivity index (χ1n) is 11.5. The van der Waals surface area contributed by atoms with Crippen LogP contribution in [-0.4, -0.2) is 24.5 Å². The van der Waals surface area contributed by atoms with Crippen LogP contribution in [0.1, 0.15) is 120 Å². The zero-order chi connectivity index (χ0) is 19.2. The minimum Gasteiger partial charge on any atom is -0.303 e. The number of likely N-dealkylation sites (tertiary alicyclic amines) is 1. The second kappa shape index (κ2) is 25.2. The van der Waals surface area contributed by atoms with E-state index < -0.39 is 0 Å². The number of hydrogen-bond donors (Lipinski definition) is 0. The van der Waals surface area contributed by atoms with E-state index in [4.69, 9.17) is 0 Å². The monoisotopic (exact) mass is 343 g/mol. The van der Waals surface area contributed by atoms with Gasteiger partial charge in [-0.3, -0.25) is 0 Å². The van der Waals surface area contributed by atoms with Gasteiger partial charge in [0.1, 0.15) is 0 Å². The summed E-state index contributed by atoms with van der Waals surface area (Å²) in [5.41, 5.74) is 0. The number of hydrogen-bond acceptors (Lipinski definition) is 1. The van der Waals surface area contributed by atoms with Gasteiger partial charge in [0, 0.05) is 0 Å². The van der Waals surface area contributed by atoms with E-state index in [1.54, 1.807) is 0 Å². The van der Waals surface area contributed by atoms with E-state index >= 15 is 0 Å². The zero-order valence-electron chi connectivity index (χ0n) is 19.1. The molecule has 0 radical (unpaired) electrons. The molecule has 1 fully saturated rings. The highest BCUT2D eigenvalue weighted by Gasteiger charge is 2.20. The number of unbranched alkanes of at least 4 members (excludes halogenated alkanes) is 6. The fourth-order valence-corrected chi connectivity index (χ4v) is 3.14. The standard InChI is InChI=1S/C17H35N.3C2H6/c1-4-5-6-7-8-9-10-13-18-14-11-17(12-15-18)16(2)3;3*1-2/h16-17H,4-15H2,1-3H3;3*1-2H3. The predicted octanol–water partition coefficient (Wildman–Crippen LogP) is 8.18. The van der Waals surface area contributed by atoms with Gasteiger partial charge in [0.2, 0.25) is 0 Å². The topological polar surface area (TPSA) is 3.24 Å². The lowest BCUT2D eigenvalue weighted by Gasteiger charge is -2.33. The van der Waals surface area contributed by atoms with E-state index in [0.717, 1.165) is 11.8 Å². The third-order valence-corrected chi connectivity index (χ3v) is 4.65. The van der Waals surface area contributed by atoms with Crippen molar-refractivity contribution in [2.24, 2.45) is 11.8 Å². The first-order valence-corrected chi connectivity index (χ1v) is 11.5. The Morgan fingerprint density at radius 3 is 1.54 bits per heavy atom. The molecule has 1 nitrogen and oxygen atoms in total. The highest BCUT2D eigenvalue weighted by atomic mass is 15.1. The summed E-state index contributed by atoms with van der Waals surface area (Å²) in [6, 6.07) is 0. The van der Waals surface area contributed by atoms with Crippen molar-refractivity contribution in [3.05, 3.63) is 0 Å². The van der Waals surface area contributed by atoms with E-state index in [1.165, 1.54) is 77.4 Å². The molecule has 1 rings (SSSR count). The maximum absolute atomic E-state index is 2.70. The van der Waals surface area contributed by atoms with Crippen molar-refractivity contribution >= 4 is 0 Å². The third-order valence-electron chi connectivity index (χ3n) is 4.65. The molecule has 0 aromatic carbocycles. The van der Waals surface area contributed by atoms with Crippen LogP contribution < -0.4 is 0 Å². The maximum atomic E-state index is 2.70. The summed E-state index contributed by atoms with van der Waals surface area (Å²) in [7, 11) is 0. The minimum atomic E-state index is 0.894. The van der Waals surface area contributed by atoms with Gasteiger partial charge in [0.05, 0.1) is 0 Å². The van der Waals surface area contributed by atoms with Crippen LogP contribution in [-0.2, 0) is 0 Å². The summed E-state index contributed by atoms with van der Waals surface area (Å²) in [4.78, 5) is 2.70. The molecule has 0 spiro atoms. The van der Waals surface area contributed by atoms with Gasteiger partial charge in [-0.25, -0.2) is 0 Å². The number of nitrogens with zero attached hydrogens (tertiary/aromatic N) is 1. The molecule has 0 N–H and O–H groups in total. The average Bonchev–Trinajstić information content (AvgIpc) is 2.66. The fraction of sp³-hybridized carbons (Fsp3) is 1.00. The Morgan fingerprint density at radius 1 is 0.708 bits per heavy atom. The molecule has 1 aliphatic rings. The van der Waals surface area contributed by atoms with Gasteiger partial charge in [0.25, 0.3) is 0 Å². The predicted molar refractivity (Wildman–Crippen MR) is 116 cm³/mol. The fourth-order valence-electron chi connectivity index (χ4n) is 3.14. The van der Waals surface area contributed by atoms with Crippen molar-refractivity contribution < 1.29 is 0 Å². The zero-order valence-corrected chi connectivity index (χ0v) is 19.1. The van der Waals surface area contributed by atoms with Gasteiger partial charge in [-0.2, -0.15) is 0 Å². The van der Waals surface area contributed by atoms with Gasteiger partial charge in [-0.15, -0.1) is 0 Å². The molecule has 1 heteroatoms. The van der Waals surface area contributed by atoms with E-state index in [9.17, 15) is 0 Å². The second-order valence-electron chi connectivity index (χ2n) is 6.54. The second-order valence-corrected chi connectivity index (χ2v) is 6.54. The molecule has 150 valence electrons. The molecule has 24 heavy (non-hydrogen) atoms. The maximum Gasteiger partial charge on any atom is -0.00160 e. The average molecular weight is 344 g/mol. The molecule has 1 saturated heterocycles. The first-order chi connectivity index (χ1) is 11.7. The molecule has 1 heterocycles. The number of rotatable bonds is 9. The van der Waals surface area contributed by atoms with Crippen molar-refractivity contribution in [1.82, 2.24) is 4.90 Å². The molecule has 0 aromatic rings. The van der Waals surface area contributed by atoms with Crippen LogP contribution in [0.2, 0.25) is 0 Å². The Hall–Kier alpha value is -0.0400. The quantitative estimate of drug-likeness (QED) is 0.381. The number of piperidine rings is 1. The summed E-state index contributed by atoms with van der Waals surface area (Å²) < 4.78 is 0. The molecule has 0 bridgehead atoms. The Labute approximate surface area is 157 Å². The molecule has 0 saturated carbocycles. The van der Waals surface area contributed by atoms with E-state index in [0.29, 0.717) is 0 Å². The summed E-state index contributed by atoms with van der Waals surface area (Å²) in [6.07, 6.45) is 12.9. The summed E-state index contributed by atoms with van der Waals surface area (Å²) >= 11 is 0. The van der Waals surface area contributed by atoms with Crippen LogP contribution in [0, 0.1) is 11.8 Å².